The number of likely N-dealkylation sites (tertiary alicyclic amines) is 1. The highest BCUT2D eigenvalue weighted by Gasteiger charge is 2.32. The van der Waals surface area contributed by atoms with Crippen LogP contribution in [-0.4, -0.2) is 66.6 Å². The zero-order valence-electron chi connectivity index (χ0n) is 17.5. The SMILES string of the molecule is C[N+](C)(CCNc1ccc(-c2ccc(C#N)cc2)cn1)CC(=O)N1CCC[C@H]1C#N. The second-order valence-electron chi connectivity index (χ2n) is 8.24. The van der Waals surface area contributed by atoms with Crippen LogP contribution in [0, 0.1) is 22.7 Å². The number of carbonyl (C=O) groups is 1. The van der Waals surface area contributed by atoms with Crippen molar-refractivity contribution in [3.05, 3.63) is 48.2 Å². The molecule has 1 N–H and O–H groups in total. The Labute approximate surface area is 177 Å². The molecule has 154 valence electrons. The Hall–Kier alpha value is -3.42. The van der Waals surface area contributed by atoms with Gasteiger partial charge < -0.3 is 14.7 Å². The fourth-order valence-corrected chi connectivity index (χ4v) is 3.63. The minimum absolute atomic E-state index is 0.0499. The molecule has 1 saturated heterocycles. The first-order chi connectivity index (χ1) is 14.4. The summed E-state index contributed by atoms with van der Waals surface area (Å²) in [4.78, 5) is 18.8. The summed E-state index contributed by atoms with van der Waals surface area (Å²) >= 11 is 0. The summed E-state index contributed by atoms with van der Waals surface area (Å²) in [6.07, 6.45) is 3.49. The molecule has 7 nitrogen and oxygen atoms in total. The van der Waals surface area contributed by atoms with E-state index in [0.29, 0.717) is 29.7 Å². The van der Waals surface area contributed by atoms with Gasteiger partial charge >= 0.3 is 0 Å². The van der Waals surface area contributed by atoms with Gasteiger partial charge in [-0.05, 0) is 42.7 Å². The van der Waals surface area contributed by atoms with Crippen LogP contribution in [0.15, 0.2) is 42.6 Å². The summed E-state index contributed by atoms with van der Waals surface area (Å²) in [5.74, 6) is 0.830. The van der Waals surface area contributed by atoms with Crippen molar-refractivity contribution in [2.24, 2.45) is 0 Å². The lowest BCUT2D eigenvalue weighted by Gasteiger charge is -2.31. The van der Waals surface area contributed by atoms with Crippen LogP contribution in [0.3, 0.4) is 0 Å². The Bertz CT molecular complexity index is 953. The van der Waals surface area contributed by atoms with Gasteiger partial charge in [0.15, 0.2) is 6.54 Å². The van der Waals surface area contributed by atoms with Gasteiger partial charge in [0.05, 0.1) is 44.9 Å². The molecule has 0 unspecified atom stereocenters. The number of nitriles is 2. The number of rotatable bonds is 7. The molecular weight excluding hydrogens is 376 g/mol. The summed E-state index contributed by atoms with van der Waals surface area (Å²) < 4.78 is 0.545. The molecule has 1 aromatic carbocycles. The summed E-state index contributed by atoms with van der Waals surface area (Å²) in [5, 5.41) is 21.4. The van der Waals surface area contributed by atoms with E-state index in [-0.39, 0.29) is 11.9 Å². The third kappa shape index (κ3) is 5.34. The molecule has 7 heteroatoms. The molecule has 2 heterocycles. The van der Waals surface area contributed by atoms with E-state index in [0.717, 1.165) is 36.3 Å². The molecule has 0 spiro atoms. The predicted octanol–water partition coefficient (Wildman–Crippen LogP) is 2.62. The fraction of sp³-hybridized carbons (Fsp3) is 0.391. The lowest BCUT2D eigenvalue weighted by molar-refractivity contribution is -0.881. The third-order valence-electron chi connectivity index (χ3n) is 5.42. The highest BCUT2D eigenvalue weighted by Crippen LogP contribution is 2.20. The molecule has 3 rings (SSSR count). The number of nitrogens with one attached hydrogen (secondary N) is 1. The third-order valence-corrected chi connectivity index (χ3v) is 5.42. The van der Waals surface area contributed by atoms with Crippen molar-refractivity contribution in [1.82, 2.24) is 9.88 Å². The van der Waals surface area contributed by atoms with Crippen molar-refractivity contribution in [3.63, 3.8) is 0 Å². The number of amides is 1. The number of benzene rings is 1. The maximum Gasteiger partial charge on any atom is 0.278 e. The van der Waals surface area contributed by atoms with Crippen molar-refractivity contribution in [1.29, 1.82) is 10.5 Å². The largest absolute Gasteiger partial charge is 0.364 e. The van der Waals surface area contributed by atoms with E-state index in [9.17, 15) is 10.1 Å². The average Bonchev–Trinajstić information content (AvgIpc) is 3.23. The van der Waals surface area contributed by atoms with Crippen molar-refractivity contribution >= 4 is 11.7 Å². The molecule has 2 aromatic rings. The monoisotopic (exact) mass is 403 g/mol. The molecule has 1 amide bonds. The molecule has 1 aliphatic rings. The highest BCUT2D eigenvalue weighted by molar-refractivity contribution is 5.78. The first-order valence-electron chi connectivity index (χ1n) is 10.1. The number of quaternary nitrogens is 1. The quantitative estimate of drug-likeness (QED) is 0.718. The van der Waals surface area contributed by atoms with Crippen molar-refractivity contribution in [2.75, 3.05) is 45.6 Å². The maximum atomic E-state index is 12.6. The molecule has 1 atom stereocenters. The zero-order chi connectivity index (χ0) is 21.6. The van der Waals surface area contributed by atoms with E-state index in [1.165, 1.54) is 0 Å². The number of anilines is 1. The second-order valence-corrected chi connectivity index (χ2v) is 8.24. The van der Waals surface area contributed by atoms with Crippen LogP contribution >= 0.6 is 0 Å². The standard InChI is InChI=1S/C23H27N6O/c1-29(2,17-23(30)28-12-3-4-21(28)15-25)13-11-26-22-10-9-20(16-27-22)19-7-5-18(14-24)6-8-19/h5-10,16,21H,3-4,11-13,17H2,1-2H3,(H,26,27)/q+1/t21-/m0/s1. The zero-order valence-corrected chi connectivity index (χ0v) is 17.5. The number of likely N-dealkylation sites (N-methyl/N-ethyl adjacent to an activating group) is 1. The van der Waals surface area contributed by atoms with Crippen molar-refractivity contribution in [3.8, 4) is 23.3 Å². The van der Waals surface area contributed by atoms with Gasteiger partial charge in [-0.15, -0.1) is 0 Å². The number of pyridine rings is 1. The van der Waals surface area contributed by atoms with E-state index in [1.54, 1.807) is 17.0 Å². The summed E-state index contributed by atoms with van der Waals surface area (Å²) in [7, 11) is 4.05. The Morgan fingerprint density at radius 2 is 1.93 bits per heavy atom. The Morgan fingerprint density at radius 1 is 1.20 bits per heavy atom. The first kappa shape index (κ1) is 21.3. The summed E-state index contributed by atoms with van der Waals surface area (Å²) in [6, 6.07) is 15.4. The van der Waals surface area contributed by atoms with E-state index < -0.39 is 0 Å². The second kappa shape index (κ2) is 9.39. The summed E-state index contributed by atoms with van der Waals surface area (Å²) in [6.45, 7) is 2.51. The van der Waals surface area contributed by atoms with Crippen molar-refractivity contribution < 1.29 is 9.28 Å². The van der Waals surface area contributed by atoms with Gasteiger partial charge in [0.25, 0.3) is 5.91 Å². The van der Waals surface area contributed by atoms with E-state index in [2.05, 4.69) is 22.4 Å². The minimum Gasteiger partial charge on any atom is -0.364 e. The first-order valence-corrected chi connectivity index (χ1v) is 10.1. The number of nitrogens with zero attached hydrogens (tertiary/aromatic N) is 5. The van der Waals surface area contributed by atoms with E-state index in [4.69, 9.17) is 5.26 Å². The molecule has 0 saturated carbocycles. The smallest absolute Gasteiger partial charge is 0.278 e. The Kier molecular flexibility index (Phi) is 6.66. The number of aromatic nitrogens is 1. The Morgan fingerprint density at radius 3 is 2.57 bits per heavy atom. The molecule has 0 bridgehead atoms. The van der Waals surface area contributed by atoms with Crippen molar-refractivity contribution in [2.45, 2.75) is 18.9 Å². The molecule has 1 aliphatic heterocycles. The number of hydrogen-bond donors (Lipinski definition) is 1. The van der Waals surface area contributed by atoms with Gasteiger partial charge in [0, 0.05) is 18.3 Å². The van der Waals surface area contributed by atoms with Crippen LogP contribution < -0.4 is 5.32 Å². The minimum atomic E-state index is -0.269. The topological polar surface area (TPSA) is 92.8 Å². The van der Waals surface area contributed by atoms with Gasteiger partial charge in [-0.3, -0.25) is 4.79 Å². The molecule has 1 fully saturated rings. The summed E-state index contributed by atoms with van der Waals surface area (Å²) in [5.41, 5.74) is 2.64. The van der Waals surface area contributed by atoms with Crippen LogP contribution in [0.5, 0.6) is 0 Å². The highest BCUT2D eigenvalue weighted by atomic mass is 16.2. The predicted molar refractivity (Wildman–Crippen MR) is 115 cm³/mol. The molecule has 0 aliphatic carbocycles. The van der Waals surface area contributed by atoms with Crippen LogP contribution in [0.2, 0.25) is 0 Å². The fourth-order valence-electron chi connectivity index (χ4n) is 3.63. The van der Waals surface area contributed by atoms with Crippen LogP contribution in [0.4, 0.5) is 5.82 Å². The lowest BCUT2D eigenvalue weighted by Crippen LogP contribution is -2.51. The lowest BCUT2D eigenvalue weighted by atomic mass is 10.1. The van der Waals surface area contributed by atoms with Crippen LogP contribution in [0.25, 0.3) is 11.1 Å². The Balaban J connectivity index is 1.49. The van der Waals surface area contributed by atoms with Gasteiger partial charge in [-0.1, -0.05) is 12.1 Å². The molecular formula is C23H27N6O+. The van der Waals surface area contributed by atoms with Gasteiger partial charge in [0.1, 0.15) is 11.9 Å². The average molecular weight is 404 g/mol. The van der Waals surface area contributed by atoms with Crippen LogP contribution in [0.1, 0.15) is 18.4 Å². The van der Waals surface area contributed by atoms with Crippen LogP contribution in [-0.2, 0) is 4.79 Å². The number of hydrogen-bond acceptors (Lipinski definition) is 5. The maximum absolute atomic E-state index is 12.6. The normalized spacial score (nSPS) is 16.0. The van der Waals surface area contributed by atoms with E-state index in [1.807, 2.05) is 44.6 Å². The number of carbonyl (C=O) groups excluding carboxylic acids is 1. The van der Waals surface area contributed by atoms with Gasteiger partial charge in [0.2, 0.25) is 0 Å². The molecule has 1 aromatic heterocycles. The van der Waals surface area contributed by atoms with Gasteiger partial charge in [-0.2, -0.15) is 10.5 Å². The van der Waals surface area contributed by atoms with Gasteiger partial charge in [-0.25, -0.2) is 4.98 Å². The molecule has 30 heavy (non-hydrogen) atoms. The molecule has 0 radical (unpaired) electrons. The van der Waals surface area contributed by atoms with E-state index >= 15 is 0 Å².